The summed E-state index contributed by atoms with van der Waals surface area (Å²) in [5.41, 5.74) is 4.85. The summed E-state index contributed by atoms with van der Waals surface area (Å²) < 4.78 is 0. The van der Waals surface area contributed by atoms with E-state index < -0.39 is 0 Å². The van der Waals surface area contributed by atoms with Gasteiger partial charge in [0.25, 0.3) is 0 Å². The van der Waals surface area contributed by atoms with Crippen LogP contribution in [0.2, 0.25) is 0 Å². The average Bonchev–Trinajstić information content (AvgIpc) is 0.918. The summed E-state index contributed by atoms with van der Waals surface area (Å²) in [6.45, 7) is 2.65. The molecule has 0 aromatic carbocycles. The first-order valence-electron chi connectivity index (χ1n) is 1.12. The lowest BCUT2D eigenvalue weighted by Crippen LogP contribution is -3.00. The third-order valence-corrected chi connectivity index (χ3v) is 0. The summed E-state index contributed by atoms with van der Waals surface area (Å²) in [4.78, 5) is 0. The van der Waals surface area contributed by atoms with Gasteiger partial charge in [0.05, 0.1) is 0 Å². The first-order chi connectivity index (χ1) is 1.41. The van der Waals surface area contributed by atoms with Crippen molar-refractivity contribution in [3.8, 4) is 0 Å². The van der Waals surface area contributed by atoms with E-state index in [0.29, 0.717) is 0 Å². The van der Waals surface area contributed by atoms with Gasteiger partial charge < -0.3 is 22.7 Å². The highest BCUT2D eigenvalue weighted by atomic mass is 79.9. The Kier molecular flexibility index (Phi) is 21.8. The highest BCUT2D eigenvalue weighted by molar-refractivity contribution is 4.00. The Morgan fingerprint density at radius 3 is 2.00 bits per heavy atom. The molecular weight excluding hydrogens is 118 g/mol. The summed E-state index contributed by atoms with van der Waals surface area (Å²) in [6, 6.07) is 0. The van der Waals surface area contributed by atoms with Crippen molar-refractivity contribution in [1.29, 1.82) is 0 Å². The lowest BCUT2D eigenvalue weighted by atomic mass is 10.8. The van der Waals surface area contributed by atoms with Crippen molar-refractivity contribution in [3.05, 3.63) is 0 Å². The van der Waals surface area contributed by atoms with E-state index in [1.54, 1.807) is 0 Å². The van der Waals surface area contributed by atoms with E-state index in [1.807, 2.05) is 6.92 Å². The SMILES string of the molecule is CCN.[Br-].[H+]. The summed E-state index contributed by atoms with van der Waals surface area (Å²) in [5.74, 6) is 0. The highest BCUT2D eigenvalue weighted by Crippen LogP contribution is 1.20. The van der Waals surface area contributed by atoms with Crippen LogP contribution in [0.15, 0.2) is 0 Å². The van der Waals surface area contributed by atoms with Gasteiger partial charge in [-0.3, -0.25) is 0 Å². The minimum absolute atomic E-state index is 0. The van der Waals surface area contributed by atoms with Crippen molar-refractivity contribution < 1.29 is 18.4 Å². The maximum atomic E-state index is 4.85. The Labute approximate surface area is 38.4 Å². The molecule has 0 aliphatic heterocycles. The van der Waals surface area contributed by atoms with Gasteiger partial charge in [-0.1, -0.05) is 6.92 Å². The smallest absolute Gasteiger partial charge is 1.00 e. The lowest BCUT2D eigenvalue weighted by molar-refractivity contribution is -0.000000854. The predicted octanol–water partition coefficient (Wildman–Crippen LogP) is -2.92. The van der Waals surface area contributed by atoms with Crippen molar-refractivity contribution in [1.82, 2.24) is 0 Å². The maximum Gasteiger partial charge on any atom is 1.00 e. The molecule has 0 spiro atoms. The minimum atomic E-state index is 0. The minimum Gasteiger partial charge on any atom is -1.00 e. The Balaban J connectivity index is -0.0000000200. The number of hydrogen-bond donors (Lipinski definition) is 1. The van der Waals surface area contributed by atoms with Gasteiger partial charge in [-0.05, 0) is 6.54 Å². The van der Waals surface area contributed by atoms with Gasteiger partial charge in [0.15, 0.2) is 0 Å². The second-order valence-corrected chi connectivity index (χ2v) is 0.408. The molecule has 0 bridgehead atoms. The van der Waals surface area contributed by atoms with E-state index >= 15 is 0 Å². The fourth-order valence-electron chi connectivity index (χ4n) is 0. The molecule has 0 aliphatic rings. The van der Waals surface area contributed by atoms with E-state index in [4.69, 9.17) is 5.73 Å². The zero-order chi connectivity index (χ0) is 2.71. The molecule has 0 heterocycles. The van der Waals surface area contributed by atoms with Gasteiger partial charge in [-0.25, -0.2) is 0 Å². The summed E-state index contributed by atoms with van der Waals surface area (Å²) >= 11 is 0. The molecule has 4 heavy (non-hydrogen) atoms. The van der Waals surface area contributed by atoms with Crippen LogP contribution in [0.25, 0.3) is 0 Å². The van der Waals surface area contributed by atoms with Crippen LogP contribution in [0, 0.1) is 0 Å². The molecule has 28 valence electrons. The van der Waals surface area contributed by atoms with E-state index in [9.17, 15) is 0 Å². The highest BCUT2D eigenvalue weighted by Gasteiger charge is 1.32. The van der Waals surface area contributed by atoms with Crippen LogP contribution in [0.3, 0.4) is 0 Å². The van der Waals surface area contributed by atoms with Gasteiger partial charge >= 0.3 is 1.43 Å². The largest absolute Gasteiger partial charge is 1.00 e. The molecule has 2 heteroatoms. The maximum absolute atomic E-state index is 4.85. The van der Waals surface area contributed by atoms with Crippen molar-refractivity contribution >= 4 is 0 Å². The van der Waals surface area contributed by atoms with Crippen LogP contribution in [-0.2, 0) is 0 Å². The van der Waals surface area contributed by atoms with Crippen LogP contribution < -0.4 is 22.7 Å². The second-order valence-electron chi connectivity index (χ2n) is 0.408. The van der Waals surface area contributed by atoms with Crippen LogP contribution >= 0.6 is 0 Å². The van der Waals surface area contributed by atoms with E-state index in [2.05, 4.69) is 0 Å². The van der Waals surface area contributed by atoms with Gasteiger partial charge in [-0.2, -0.15) is 0 Å². The number of nitrogens with two attached hydrogens (primary N) is 1. The van der Waals surface area contributed by atoms with Crippen molar-refractivity contribution in [2.45, 2.75) is 6.92 Å². The molecule has 0 aromatic heterocycles. The predicted molar refractivity (Wildman–Crippen MR) is 15.8 cm³/mol. The molecular formula is C2H8BrN. The van der Waals surface area contributed by atoms with E-state index in [1.165, 1.54) is 0 Å². The van der Waals surface area contributed by atoms with Crippen LogP contribution in [0.4, 0.5) is 0 Å². The van der Waals surface area contributed by atoms with Crippen molar-refractivity contribution in [2.75, 3.05) is 6.54 Å². The first kappa shape index (κ1) is 8.83. The third kappa shape index (κ3) is 26.1. The van der Waals surface area contributed by atoms with Crippen molar-refractivity contribution in [3.63, 3.8) is 0 Å². The molecule has 1 nitrogen and oxygen atoms in total. The molecule has 0 rings (SSSR count). The average molecular weight is 126 g/mol. The Morgan fingerprint density at radius 1 is 2.00 bits per heavy atom. The molecule has 0 amide bonds. The summed E-state index contributed by atoms with van der Waals surface area (Å²) in [5, 5.41) is 0. The Bertz CT molecular complexity index is 9.61. The zero-order valence-electron chi connectivity index (χ0n) is 3.66. The molecule has 0 unspecified atom stereocenters. The van der Waals surface area contributed by atoms with E-state index in [0.717, 1.165) is 6.54 Å². The fraction of sp³-hybridized carbons (Fsp3) is 1.00. The van der Waals surface area contributed by atoms with Crippen LogP contribution in [-0.4, -0.2) is 6.54 Å². The van der Waals surface area contributed by atoms with Crippen LogP contribution in [0.1, 0.15) is 8.35 Å². The fourth-order valence-corrected chi connectivity index (χ4v) is 0. The lowest BCUT2D eigenvalue weighted by Gasteiger charge is -1.53. The van der Waals surface area contributed by atoms with Gasteiger partial charge in [0, 0.05) is 0 Å². The summed E-state index contributed by atoms with van der Waals surface area (Å²) in [6.07, 6.45) is 0. The number of rotatable bonds is 0. The molecule has 2 N–H and O–H groups in total. The molecule has 0 aliphatic carbocycles. The molecule has 0 fully saturated rings. The molecule has 0 saturated heterocycles. The van der Waals surface area contributed by atoms with Crippen molar-refractivity contribution in [2.24, 2.45) is 5.73 Å². The normalized spacial score (nSPS) is 4.50. The Hall–Kier alpha value is 0.440. The molecule has 0 radical (unpaired) electrons. The number of hydrogen-bond acceptors (Lipinski definition) is 1. The standard InChI is InChI=1S/C2H7N.BrH/c1-2-3;/h2-3H2,1H3;1H. The Morgan fingerprint density at radius 2 is 2.00 bits per heavy atom. The van der Waals surface area contributed by atoms with Gasteiger partial charge in [0.2, 0.25) is 0 Å². The molecule has 0 saturated carbocycles. The third-order valence-electron chi connectivity index (χ3n) is 0. The topological polar surface area (TPSA) is 26.0 Å². The monoisotopic (exact) mass is 125 g/mol. The quantitative estimate of drug-likeness (QED) is 0.369. The van der Waals surface area contributed by atoms with Gasteiger partial charge in [0.1, 0.15) is 0 Å². The van der Waals surface area contributed by atoms with E-state index in [-0.39, 0.29) is 18.4 Å². The molecule has 0 aromatic rings. The second kappa shape index (κ2) is 9.88. The number of halogens is 1. The van der Waals surface area contributed by atoms with Crippen LogP contribution in [0.5, 0.6) is 0 Å². The molecule has 0 atom stereocenters. The first-order valence-corrected chi connectivity index (χ1v) is 1.12. The summed E-state index contributed by atoms with van der Waals surface area (Å²) in [7, 11) is 0. The zero-order valence-corrected chi connectivity index (χ0v) is 4.25. The van der Waals surface area contributed by atoms with Gasteiger partial charge in [-0.15, -0.1) is 0 Å².